The molecule has 0 saturated carbocycles. The van der Waals surface area contributed by atoms with Gasteiger partial charge in [0.25, 0.3) is 0 Å². The van der Waals surface area contributed by atoms with E-state index < -0.39 is 0 Å². The maximum absolute atomic E-state index is 5.72. The second-order valence-corrected chi connectivity index (χ2v) is 9.99. The van der Waals surface area contributed by atoms with E-state index in [0.29, 0.717) is 0 Å². The standard InChI is InChI=1S/C4H6Cl.Tl/c1-2-3-4-5;/h1-3H2;. The first-order valence-electron chi connectivity index (χ1n) is 2.24. The number of hydrogen-bond acceptors (Lipinski definition) is 0. The second kappa shape index (κ2) is 2.40. The molecule has 6 heavy (non-hydrogen) atoms. The zero-order valence-electron chi connectivity index (χ0n) is 3.58. The Balaban J connectivity index is 2.45. The van der Waals surface area contributed by atoms with Crippen LogP contribution in [0.2, 0.25) is 3.98 Å². The molecule has 0 N–H and O–H groups in total. The summed E-state index contributed by atoms with van der Waals surface area (Å²) in [4.78, 5) is 0. The fourth-order valence-electron chi connectivity index (χ4n) is 0.632. The van der Waals surface area contributed by atoms with Crippen molar-refractivity contribution in [2.75, 3.05) is 0 Å². The third kappa shape index (κ3) is 1.30. The van der Waals surface area contributed by atoms with E-state index in [9.17, 15) is 0 Å². The Kier molecular flexibility index (Phi) is 2.09. The van der Waals surface area contributed by atoms with E-state index in [1.807, 2.05) is 0 Å². The van der Waals surface area contributed by atoms with Crippen molar-refractivity contribution in [3.8, 4) is 0 Å². The van der Waals surface area contributed by atoms with Gasteiger partial charge < -0.3 is 0 Å². The van der Waals surface area contributed by atoms with E-state index in [-0.39, 0.29) is 23.7 Å². The molecule has 0 radical (unpaired) electrons. The van der Waals surface area contributed by atoms with E-state index in [2.05, 4.69) is 0 Å². The summed E-state index contributed by atoms with van der Waals surface area (Å²) in [6, 6.07) is 0. The van der Waals surface area contributed by atoms with Crippen LogP contribution in [0.15, 0.2) is 0 Å². The van der Waals surface area contributed by atoms with Gasteiger partial charge in [-0.3, -0.25) is 0 Å². The summed E-state index contributed by atoms with van der Waals surface area (Å²) in [5.41, 5.74) is 0. The summed E-state index contributed by atoms with van der Waals surface area (Å²) in [6.07, 6.45) is 2.67. The van der Waals surface area contributed by atoms with Crippen molar-refractivity contribution in [1.29, 1.82) is 0 Å². The molecule has 0 aromatic rings. The minimum atomic E-state index is -0.360. The molecular weight excluding hydrogens is 288 g/mol. The molecule has 1 heterocycles. The van der Waals surface area contributed by atoms with Crippen molar-refractivity contribution >= 4 is 37.9 Å². The van der Waals surface area contributed by atoms with E-state index in [4.69, 9.17) is 11.6 Å². The van der Waals surface area contributed by atoms with E-state index in [0.717, 1.165) is 0 Å². The van der Waals surface area contributed by atoms with Gasteiger partial charge in [0.1, 0.15) is 0 Å². The molecule has 0 fully saturated rings. The molecule has 0 unspecified atom stereocenters. The number of halogens is 1. The Hall–Kier alpha value is 1.08. The van der Waals surface area contributed by atoms with Gasteiger partial charge in [-0.25, -0.2) is 0 Å². The average molecular weight is 294 g/mol. The van der Waals surface area contributed by atoms with Crippen LogP contribution in [0.5, 0.6) is 0 Å². The Morgan fingerprint density at radius 1 is 1.67 bits per heavy atom. The van der Waals surface area contributed by atoms with Crippen LogP contribution in [0.25, 0.3) is 0 Å². The van der Waals surface area contributed by atoms with Crippen LogP contribution in [-0.4, -0.2) is 26.3 Å². The molecule has 0 aromatic heterocycles. The average Bonchev–Trinajstić information content (AvgIpc) is 1.86. The molecule has 2 heteroatoms. The van der Waals surface area contributed by atoms with Crippen LogP contribution in [-0.2, 0) is 0 Å². The van der Waals surface area contributed by atoms with Gasteiger partial charge in [0.15, 0.2) is 0 Å². The Bertz CT molecular complexity index is 77.6. The molecule has 0 spiro atoms. The van der Waals surface area contributed by atoms with Crippen molar-refractivity contribution in [3.63, 3.8) is 0 Å². The molecule has 0 saturated heterocycles. The first-order valence-corrected chi connectivity index (χ1v) is 8.04. The molecule has 32 valence electrons. The first-order chi connectivity index (χ1) is 2.89. The fraction of sp³-hybridized carbons (Fsp3) is 0.750. The monoisotopic (exact) mass is 294 g/mol. The normalized spacial score (nSPS) is 19.8. The minimum absolute atomic E-state index is 0.360. The molecule has 0 aliphatic carbocycles. The first kappa shape index (κ1) is 5.22. The van der Waals surface area contributed by atoms with Gasteiger partial charge in [-0.2, -0.15) is 0 Å². The van der Waals surface area contributed by atoms with Crippen molar-refractivity contribution in [2.45, 2.75) is 16.8 Å². The van der Waals surface area contributed by atoms with Crippen LogP contribution < -0.4 is 0 Å². The van der Waals surface area contributed by atoms with Gasteiger partial charge in [-0.15, -0.1) is 0 Å². The SMILES string of the molecule is Cl[C]1=[Tl][CH2]CC1. The maximum atomic E-state index is 5.72. The predicted octanol–water partition coefficient (Wildman–Crippen LogP) is 1.27. The summed E-state index contributed by atoms with van der Waals surface area (Å²) in [7, 11) is 0. The predicted molar refractivity (Wildman–Crippen MR) is 30.7 cm³/mol. The zero-order chi connectivity index (χ0) is 4.41. The summed E-state index contributed by atoms with van der Waals surface area (Å²) in [5.74, 6) is 0. The molecule has 0 atom stereocenters. The van der Waals surface area contributed by atoms with Crippen molar-refractivity contribution < 1.29 is 0 Å². The van der Waals surface area contributed by atoms with Gasteiger partial charge in [-0.1, -0.05) is 0 Å². The number of rotatable bonds is 0. The van der Waals surface area contributed by atoms with Crippen molar-refractivity contribution in [2.24, 2.45) is 0 Å². The molecule has 1 aliphatic heterocycles. The Morgan fingerprint density at radius 2 is 2.50 bits per heavy atom. The molecule has 1 rings (SSSR count). The van der Waals surface area contributed by atoms with Crippen molar-refractivity contribution in [3.05, 3.63) is 0 Å². The molecule has 1 aliphatic rings. The summed E-state index contributed by atoms with van der Waals surface area (Å²) >= 11 is 5.36. The fourth-order valence-corrected chi connectivity index (χ4v) is 6.11. The van der Waals surface area contributed by atoms with Gasteiger partial charge >= 0.3 is 54.7 Å². The topological polar surface area (TPSA) is 0 Å². The summed E-state index contributed by atoms with van der Waals surface area (Å²) in [6.45, 7) is 0. The Morgan fingerprint density at radius 3 is 2.67 bits per heavy atom. The van der Waals surface area contributed by atoms with E-state index in [1.165, 1.54) is 19.3 Å². The third-order valence-electron chi connectivity index (χ3n) is 0.986. The van der Waals surface area contributed by atoms with Crippen LogP contribution in [0, 0.1) is 0 Å². The van der Waals surface area contributed by atoms with Crippen LogP contribution >= 0.6 is 11.6 Å². The molecular formula is C4H6ClTl. The molecule has 0 bridgehead atoms. The van der Waals surface area contributed by atoms with Crippen molar-refractivity contribution in [1.82, 2.24) is 0 Å². The second-order valence-electron chi connectivity index (χ2n) is 1.54. The van der Waals surface area contributed by atoms with Gasteiger partial charge in [-0.05, 0) is 0 Å². The quantitative estimate of drug-likeness (QED) is 0.590. The van der Waals surface area contributed by atoms with E-state index in [1.54, 1.807) is 0 Å². The van der Waals surface area contributed by atoms with Gasteiger partial charge in [0.2, 0.25) is 0 Å². The summed E-state index contributed by atoms with van der Waals surface area (Å²) in [5, 5.41) is 0. The van der Waals surface area contributed by atoms with E-state index >= 15 is 0 Å². The molecule has 0 amide bonds. The van der Waals surface area contributed by atoms with Crippen LogP contribution in [0.4, 0.5) is 0 Å². The van der Waals surface area contributed by atoms with Gasteiger partial charge in [0, 0.05) is 0 Å². The molecule has 0 nitrogen and oxygen atoms in total. The Labute approximate surface area is 54.6 Å². The van der Waals surface area contributed by atoms with Crippen LogP contribution in [0.1, 0.15) is 12.8 Å². The summed E-state index contributed by atoms with van der Waals surface area (Å²) < 4.78 is 2.91. The zero-order valence-corrected chi connectivity index (χ0v) is 8.82. The number of hydrogen-bond donors (Lipinski definition) is 0. The third-order valence-corrected chi connectivity index (χ3v) is 8.08. The van der Waals surface area contributed by atoms with Crippen LogP contribution in [0.3, 0.4) is 0 Å². The van der Waals surface area contributed by atoms with Gasteiger partial charge in [0.05, 0.1) is 0 Å². The molecule has 0 aromatic carbocycles.